The molecule has 0 saturated carbocycles. The second kappa shape index (κ2) is 6.53. The van der Waals surface area contributed by atoms with Crippen molar-refractivity contribution in [1.82, 2.24) is 5.32 Å². The Labute approximate surface area is 120 Å². The Morgan fingerprint density at radius 1 is 1.15 bits per heavy atom. The minimum Gasteiger partial charge on any atom is -0.344 e. The van der Waals surface area contributed by atoms with Gasteiger partial charge in [-0.25, -0.2) is 4.39 Å². The van der Waals surface area contributed by atoms with Crippen molar-refractivity contribution in [1.29, 1.82) is 0 Å². The summed E-state index contributed by atoms with van der Waals surface area (Å²) in [7, 11) is 1.97. The highest BCUT2D eigenvalue weighted by Crippen LogP contribution is 2.28. The average molecular weight is 272 g/mol. The Bertz CT molecular complexity index is 581. The van der Waals surface area contributed by atoms with Crippen molar-refractivity contribution in [3.05, 3.63) is 59.4 Å². The van der Waals surface area contributed by atoms with E-state index in [2.05, 4.69) is 37.4 Å². The number of halogens is 1. The van der Waals surface area contributed by atoms with Crippen LogP contribution in [0.15, 0.2) is 42.5 Å². The van der Waals surface area contributed by atoms with Crippen LogP contribution >= 0.6 is 0 Å². The highest BCUT2D eigenvalue weighted by molar-refractivity contribution is 5.66. The number of benzene rings is 2. The predicted molar refractivity (Wildman–Crippen MR) is 83.0 cm³/mol. The van der Waals surface area contributed by atoms with Gasteiger partial charge >= 0.3 is 0 Å². The summed E-state index contributed by atoms with van der Waals surface area (Å²) in [6, 6.07) is 13.0. The lowest BCUT2D eigenvalue weighted by Crippen LogP contribution is -2.17. The van der Waals surface area contributed by atoms with Gasteiger partial charge in [0.2, 0.25) is 0 Å². The van der Waals surface area contributed by atoms with Gasteiger partial charge in [0.05, 0.1) is 0 Å². The molecule has 0 radical (unpaired) electrons. The maximum absolute atomic E-state index is 13.4. The summed E-state index contributed by atoms with van der Waals surface area (Å²) >= 11 is 0. The molecule has 0 saturated heterocycles. The van der Waals surface area contributed by atoms with E-state index in [0.29, 0.717) is 0 Å². The van der Waals surface area contributed by atoms with Gasteiger partial charge in [0.1, 0.15) is 5.82 Å². The normalized spacial score (nSPS) is 10.6. The van der Waals surface area contributed by atoms with Crippen LogP contribution in [-0.2, 0) is 6.54 Å². The lowest BCUT2D eigenvalue weighted by atomic mass is 10.1. The third kappa shape index (κ3) is 3.36. The molecule has 20 heavy (non-hydrogen) atoms. The summed E-state index contributed by atoms with van der Waals surface area (Å²) in [6.45, 7) is 5.91. The largest absolute Gasteiger partial charge is 0.344 e. The van der Waals surface area contributed by atoms with Crippen LogP contribution < -0.4 is 10.2 Å². The first kappa shape index (κ1) is 14.5. The molecule has 2 rings (SSSR count). The Morgan fingerprint density at radius 2 is 1.95 bits per heavy atom. The van der Waals surface area contributed by atoms with Gasteiger partial charge in [-0.2, -0.15) is 0 Å². The first-order valence-corrected chi connectivity index (χ1v) is 6.91. The predicted octanol–water partition coefficient (Wildman–Crippen LogP) is 4.01. The van der Waals surface area contributed by atoms with Crippen molar-refractivity contribution in [2.75, 3.05) is 18.5 Å². The van der Waals surface area contributed by atoms with E-state index in [-0.39, 0.29) is 5.82 Å². The highest BCUT2D eigenvalue weighted by atomic mass is 19.1. The molecule has 2 aromatic carbocycles. The van der Waals surface area contributed by atoms with Gasteiger partial charge in [-0.15, -0.1) is 0 Å². The molecule has 0 fully saturated rings. The van der Waals surface area contributed by atoms with E-state index in [0.717, 1.165) is 24.5 Å². The maximum atomic E-state index is 13.4. The lowest BCUT2D eigenvalue weighted by Gasteiger charge is -2.23. The third-order valence-corrected chi connectivity index (χ3v) is 3.36. The van der Waals surface area contributed by atoms with Crippen molar-refractivity contribution in [3.63, 3.8) is 0 Å². The zero-order chi connectivity index (χ0) is 14.5. The summed E-state index contributed by atoms with van der Waals surface area (Å²) in [5.74, 6) is -0.213. The van der Waals surface area contributed by atoms with Crippen LogP contribution in [0.3, 0.4) is 0 Å². The van der Waals surface area contributed by atoms with Crippen molar-refractivity contribution in [2.24, 2.45) is 0 Å². The smallest absolute Gasteiger partial charge is 0.125 e. The van der Waals surface area contributed by atoms with E-state index in [1.54, 1.807) is 12.1 Å². The fourth-order valence-corrected chi connectivity index (χ4v) is 2.27. The number of rotatable bonds is 5. The van der Waals surface area contributed by atoms with Gasteiger partial charge < -0.3 is 10.2 Å². The molecule has 0 spiro atoms. The van der Waals surface area contributed by atoms with Gasteiger partial charge in [0.15, 0.2) is 0 Å². The van der Waals surface area contributed by atoms with Gasteiger partial charge in [-0.05, 0) is 43.3 Å². The molecular formula is C17H21FN2. The van der Waals surface area contributed by atoms with E-state index >= 15 is 0 Å². The minimum atomic E-state index is -0.213. The molecule has 2 aromatic rings. The van der Waals surface area contributed by atoms with Crippen molar-refractivity contribution >= 4 is 11.4 Å². The Kier molecular flexibility index (Phi) is 4.74. The van der Waals surface area contributed by atoms with Crippen molar-refractivity contribution in [2.45, 2.75) is 20.4 Å². The van der Waals surface area contributed by atoms with Crippen LogP contribution in [0.1, 0.15) is 18.1 Å². The van der Waals surface area contributed by atoms with Crippen LogP contribution in [0.5, 0.6) is 0 Å². The van der Waals surface area contributed by atoms with Crippen molar-refractivity contribution < 1.29 is 4.39 Å². The Hall–Kier alpha value is -1.87. The zero-order valence-corrected chi connectivity index (χ0v) is 12.3. The SMILES string of the molecule is CCNCc1cc(C)ccc1N(C)c1cccc(F)c1. The monoisotopic (exact) mass is 272 g/mol. The fraction of sp³-hybridized carbons (Fsp3) is 0.294. The third-order valence-electron chi connectivity index (χ3n) is 3.36. The molecule has 3 heteroatoms. The van der Waals surface area contributed by atoms with E-state index in [1.165, 1.54) is 17.2 Å². The standard InChI is InChI=1S/C17H21FN2/c1-4-19-12-14-10-13(2)8-9-17(14)20(3)16-7-5-6-15(18)11-16/h5-11,19H,4,12H2,1-3H3. The van der Waals surface area contributed by atoms with Crippen LogP contribution in [0.4, 0.5) is 15.8 Å². The summed E-state index contributed by atoms with van der Waals surface area (Å²) in [6.07, 6.45) is 0. The molecule has 0 amide bonds. The number of nitrogens with one attached hydrogen (secondary N) is 1. The molecular weight excluding hydrogens is 251 g/mol. The van der Waals surface area contributed by atoms with E-state index in [4.69, 9.17) is 0 Å². The molecule has 106 valence electrons. The number of nitrogens with zero attached hydrogens (tertiary/aromatic N) is 1. The van der Waals surface area contributed by atoms with E-state index in [9.17, 15) is 4.39 Å². The number of hydrogen-bond acceptors (Lipinski definition) is 2. The summed E-state index contributed by atoms with van der Waals surface area (Å²) in [4.78, 5) is 2.02. The molecule has 0 aromatic heterocycles. The second-order valence-electron chi connectivity index (χ2n) is 4.95. The van der Waals surface area contributed by atoms with Crippen LogP contribution in [0.2, 0.25) is 0 Å². The maximum Gasteiger partial charge on any atom is 0.125 e. The van der Waals surface area contributed by atoms with Gasteiger partial charge in [0.25, 0.3) is 0 Å². The summed E-state index contributed by atoms with van der Waals surface area (Å²) in [5, 5.41) is 3.35. The van der Waals surface area contributed by atoms with Crippen LogP contribution in [0.25, 0.3) is 0 Å². The number of anilines is 2. The molecule has 0 aliphatic carbocycles. The Balaban J connectivity index is 2.35. The number of hydrogen-bond donors (Lipinski definition) is 1. The molecule has 2 nitrogen and oxygen atoms in total. The van der Waals surface area contributed by atoms with Gasteiger partial charge in [-0.3, -0.25) is 0 Å². The van der Waals surface area contributed by atoms with E-state index < -0.39 is 0 Å². The summed E-state index contributed by atoms with van der Waals surface area (Å²) < 4.78 is 13.4. The van der Waals surface area contributed by atoms with Crippen LogP contribution in [-0.4, -0.2) is 13.6 Å². The summed E-state index contributed by atoms with van der Waals surface area (Å²) in [5.41, 5.74) is 4.40. The average Bonchev–Trinajstić information content (AvgIpc) is 2.44. The molecule has 0 atom stereocenters. The first-order chi connectivity index (χ1) is 9.61. The Morgan fingerprint density at radius 3 is 2.65 bits per heavy atom. The van der Waals surface area contributed by atoms with Gasteiger partial charge in [-0.1, -0.05) is 30.7 Å². The van der Waals surface area contributed by atoms with Crippen LogP contribution in [0, 0.1) is 12.7 Å². The van der Waals surface area contributed by atoms with Gasteiger partial charge in [0, 0.05) is 25.0 Å². The first-order valence-electron chi connectivity index (χ1n) is 6.91. The molecule has 0 aliphatic rings. The molecule has 0 heterocycles. The number of aryl methyl sites for hydroxylation is 1. The topological polar surface area (TPSA) is 15.3 Å². The molecule has 0 aliphatic heterocycles. The lowest BCUT2D eigenvalue weighted by molar-refractivity contribution is 0.628. The molecule has 0 unspecified atom stereocenters. The minimum absolute atomic E-state index is 0.213. The highest BCUT2D eigenvalue weighted by Gasteiger charge is 2.10. The van der Waals surface area contributed by atoms with E-state index in [1.807, 2.05) is 18.0 Å². The molecule has 1 N–H and O–H groups in total. The fourth-order valence-electron chi connectivity index (χ4n) is 2.27. The second-order valence-corrected chi connectivity index (χ2v) is 4.95. The van der Waals surface area contributed by atoms with Crippen molar-refractivity contribution in [3.8, 4) is 0 Å². The zero-order valence-electron chi connectivity index (χ0n) is 12.3. The molecule has 0 bridgehead atoms. The quantitative estimate of drug-likeness (QED) is 0.884.